The molecule has 0 saturated carbocycles. The van der Waals surface area contributed by atoms with Crippen LogP contribution in [0.3, 0.4) is 0 Å². The molecule has 1 rings (SSSR count). The fraction of sp³-hybridized carbons (Fsp3) is 0.167. The second-order valence-electron chi connectivity index (χ2n) is 3.02. The summed E-state index contributed by atoms with van der Waals surface area (Å²) in [5.41, 5.74) is -0.416. The van der Waals surface area contributed by atoms with E-state index in [4.69, 9.17) is 5.11 Å². The Bertz CT molecular complexity index is 416. The Morgan fingerprint density at radius 2 is 2.24 bits per heavy atom. The number of rotatable bonds is 5. The Morgan fingerprint density at radius 3 is 2.71 bits per heavy atom. The average Bonchev–Trinajstić information content (AvgIpc) is 2.30. The minimum atomic E-state index is -1.23. The van der Waals surface area contributed by atoms with Crippen molar-refractivity contribution in [1.82, 2.24) is 4.98 Å². The van der Waals surface area contributed by atoms with Crippen LogP contribution in [0.15, 0.2) is 30.0 Å². The number of hydrogen-bond donors (Lipinski definition) is 1. The molecule has 0 aliphatic carbocycles. The van der Waals surface area contributed by atoms with Gasteiger partial charge >= 0.3 is 29.6 Å². The van der Waals surface area contributed by atoms with Crippen molar-refractivity contribution in [1.29, 1.82) is 0 Å². The third-order valence-corrected chi connectivity index (χ3v) is 1.84. The molecular formula is C12H11N2NaO2-2. The van der Waals surface area contributed by atoms with Gasteiger partial charge in [-0.3, -0.25) is 4.98 Å². The number of unbranched alkanes of at least 4 members (excludes halogenated alkanes) is 1. The van der Waals surface area contributed by atoms with Crippen molar-refractivity contribution in [3.8, 4) is 0 Å². The molecule has 0 unspecified atom stereocenters. The van der Waals surface area contributed by atoms with E-state index in [1.807, 2.05) is 0 Å². The summed E-state index contributed by atoms with van der Waals surface area (Å²) in [6, 6.07) is 4.88. The van der Waals surface area contributed by atoms with E-state index in [2.05, 4.69) is 18.0 Å². The standard InChI is InChI=1S/C12H11N2O2.Na/c1-2-3-6-9(12(15)16)11(13)10-7-4-5-8-14-10;/h4-5,7-8H,1-3H2,(H,15,16);/q-3;+1. The maximum atomic E-state index is 10.9. The molecule has 17 heavy (non-hydrogen) atoms. The monoisotopic (exact) mass is 238 g/mol. The summed E-state index contributed by atoms with van der Waals surface area (Å²) >= 11 is 0. The van der Waals surface area contributed by atoms with Crippen molar-refractivity contribution in [3.63, 3.8) is 0 Å². The van der Waals surface area contributed by atoms with Crippen molar-refractivity contribution < 1.29 is 39.5 Å². The van der Waals surface area contributed by atoms with Crippen molar-refractivity contribution in [2.45, 2.75) is 12.8 Å². The Morgan fingerprint density at radius 1 is 1.53 bits per heavy atom. The molecule has 0 bridgehead atoms. The van der Waals surface area contributed by atoms with Crippen LogP contribution in [0.25, 0.3) is 5.41 Å². The molecular weight excluding hydrogens is 227 g/mol. The molecule has 0 aromatic carbocycles. The number of nitrogens with zero attached hydrogens (tertiary/aromatic N) is 2. The largest absolute Gasteiger partial charge is 1.00 e. The predicted octanol–water partition coefficient (Wildman–Crippen LogP) is -1.13. The molecule has 5 heteroatoms. The normalized spacial score (nSPS) is 10.5. The topological polar surface area (TPSA) is 72.5 Å². The van der Waals surface area contributed by atoms with Crippen LogP contribution in [0.4, 0.5) is 0 Å². The van der Waals surface area contributed by atoms with Crippen LogP contribution in [0.1, 0.15) is 18.5 Å². The molecule has 1 heterocycles. The molecule has 0 radical (unpaired) electrons. The van der Waals surface area contributed by atoms with Gasteiger partial charge in [0.1, 0.15) is 0 Å². The molecule has 1 N–H and O–H groups in total. The van der Waals surface area contributed by atoms with Crippen molar-refractivity contribution in [2.24, 2.45) is 0 Å². The summed E-state index contributed by atoms with van der Waals surface area (Å²) in [4.78, 5) is 14.8. The number of allylic oxidation sites excluding steroid dienone is 1. The zero-order valence-electron chi connectivity index (χ0n) is 9.68. The van der Waals surface area contributed by atoms with Gasteiger partial charge in [-0.25, -0.2) is 5.71 Å². The minimum Gasteiger partial charge on any atom is -0.870 e. The van der Waals surface area contributed by atoms with Gasteiger partial charge < -0.3 is 22.2 Å². The second kappa shape index (κ2) is 8.17. The zero-order valence-corrected chi connectivity index (χ0v) is 11.7. The third kappa shape index (κ3) is 4.81. The van der Waals surface area contributed by atoms with Crippen LogP contribution in [0.2, 0.25) is 0 Å². The third-order valence-electron chi connectivity index (χ3n) is 1.84. The summed E-state index contributed by atoms with van der Waals surface area (Å²) < 4.78 is 0. The van der Waals surface area contributed by atoms with Crippen LogP contribution < -0.4 is 29.6 Å². The fourth-order valence-corrected chi connectivity index (χ4v) is 1.10. The first-order valence-corrected chi connectivity index (χ1v) is 4.78. The smallest absolute Gasteiger partial charge is 0.870 e. The predicted molar refractivity (Wildman–Crippen MR) is 60.7 cm³/mol. The van der Waals surface area contributed by atoms with E-state index in [1.54, 1.807) is 12.1 Å². The number of carboxylic acids is 1. The van der Waals surface area contributed by atoms with E-state index in [1.165, 1.54) is 12.3 Å². The number of pyridine rings is 1. The van der Waals surface area contributed by atoms with Crippen molar-refractivity contribution in [2.75, 3.05) is 0 Å². The number of carboxylic acid groups (broad SMARTS) is 1. The first-order valence-electron chi connectivity index (χ1n) is 4.78. The van der Waals surface area contributed by atoms with Gasteiger partial charge in [0.15, 0.2) is 0 Å². The molecule has 0 saturated heterocycles. The summed E-state index contributed by atoms with van der Waals surface area (Å²) in [6.45, 7) is 3.57. The number of aromatic nitrogens is 1. The van der Waals surface area contributed by atoms with E-state index >= 15 is 0 Å². The summed E-state index contributed by atoms with van der Waals surface area (Å²) in [7, 11) is 0. The summed E-state index contributed by atoms with van der Waals surface area (Å²) in [5, 5.41) is 18.6. The quantitative estimate of drug-likeness (QED) is 0.305. The first-order chi connectivity index (χ1) is 7.66. The number of carbonyl (C=O) groups is 1. The van der Waals surface area contributed by atoms with Gasteiger partial charge in [-0.1, -0.05) is 12.1 Å². The summed E-state index contributed by atoms with van der Waals surface area (Å²) in [6.07, 6.45) is 4.97. The maximum absolute atomic E-state index is 10.9. The fourth-order valence-electron chi connectivity index (χ4n) is 1.10. The van der Waals surface area contributed by atoms with Gasteiger partial charge in [-0.2, -0.15) is 12.5 Å². The van der Waals surface area contributed by atoms with Gasteiger partial charge in [-0.05, 0) is 11.8 Å². The van der Waals surface area contributed by atoms with Crippen molar-refractivity contribution >= 4 is 11.7 Å². The SMILES string of the molecule is [CH2-]CC[C-]=C(C(=[N-])c1ccccn1)C(=O)O.[Na+]. The van der Waals surface area contributed by atoms with E-state index in [0.29, 0.717) is 12.8 Å². The van der Waals surface area contributed by atoms with Crippen LogP contribution in [0, 0.1) is 13.0 Å². The molecule has 84 valence electrons. The van der Waals surface area contributed by atoms with Crippen molar-refractivity contribution in [3.05, 3.63) is 54.1 Å². The average molecular weight is 238 g/mol. The molecule has 0 spiro atoms. The molecule has 0 fully saturated rings. The second-order valence-corrected chi connectivity index (χ2v) is 3.02. The van der Waals surface area contributed by atoms with Gasteiger partial charge in [0.05, 0.1) is 0 Å². The van der Waals surface area contributed by atoms with E-state index < -0.39 is 5.97 Å². The van der Waals surface area contributed by atoms with E-state index in [0.717, 1.165) is 0 Å². The van der Waals surface area contributed by atoms with Crippen LogP contribution >= 0.6 is 0 Å². The Hall–Kier alpha value is -0.970. The zero-order chi connectivity index (χ0) is 12.0. The molecule has 4 nitrogen and oxygen atoms in total. The Labute approximate surface area is 123 Å². The van der Waals surface area contributed by atoms with Gasteiger partial charge in [0.25, 0.3) is 0 Å². The summed E-state index contributed by atoms with van der Waals surface area (Å²) in [5.74, 6) is -1.23. The number of hydrogen-bond acceptors (Lipinski definition) is 2. The minimum absolute atomic E-state index is 0. The Kier molecular flexibility index (Phi) is 7.70. The van der Waals surface area contributed by atoms with Crippen LogP contribution in [-0.2, 0) is 4.79 Å². The van der Waals surface area contributed by atoms with Crippen LogP contribution in [0.5, 0.6) is 0 Å². The van der Waals surface area contributed by atoms with E-state index in [9.17, 15) is 10.2 Å². The van der Waals surface area contributed by atoms with Gasteiger partial charge in [0, 0.05) is 6.20 Å². The molecule has 0 amide bonds. The maximum Gasteiger partial charge on any atom is 1.00 e. The first kappa shape index (κ1) is 16.0. The molecule has 0 aliphatic rings. The molecule has 1 aromatic rings. The van der Waals surface area contributed by atoms with Crippen LogP contribution in [-0.4, -0.2) is 21.8 Å². The van der Waals surface area contributed by atoms with Gasteiger partial charge in [-0.15, -0.1) is 12.0 Å². The number of aliphatic carboxylic acids is 1. The molecule has 0 aliphatic heterocycles. The Balaban J connectivity index is 0.00000256. The molecule has 0 atom stereocenters. The molecule has 1 aromatic heterocycles. The van der Waals surface area contributed by atoms with E-state index in [-0.39, 0.29) is 46.5 Å². The van der Waals surface area contributed by atoms with Gasteiger partial charge in [0.2, 0.25) is 5.97 Å².